The largest absolute Gasteiger partial charge is 0.385 e. The van der Waals surface area contributed by atoms with Crippen LogP contribution in [0.5, 0.6) is 0 Å². The third-order valence-electron chi connectivity index (χ3n) is 10.1. The molecule has 1 unspecified atom stereocenters. The number of carbonyl (C=O) groups is 1. The number of aryl methyl sites for hydroxylation is 1. The molecule has 1 atom stereocenters. The van der Waals surface area contributed by atoms with Crippen LogP contribution >= 0.6 is 0 Å². The number of fused-ring (bicyclic) bond motifs is 2. The maximum absolute atomic E-state index is 14.5. The second-order valence-corrected chi connectivity index (χ2v) is 13.0. The normalized spacial score (nSPS) is 19.4. The molecule has 4 aromatic rings. The zero-order chi connectivity index (χ0) is 32.7. The molecule has 0 spiro atoms. The van der Waals surface area contributed by atoms with Gasteiger partial charge in [0, 0.05) is 74.4 Å². The molecule has 0 radical (unpaired) electrons. The minimum Gasteiger partial charge on any atom is -0.385 e. The van der Waals surface area contributed by atoms with E-state index in [4.69, 9.17) is 4.52 Å². The predicted octanol–water partition coefficient (Wildman–Crippen LogP) is 4.57. The van der Waals surface area contributed by atoms with E-state index in [9.17, 15) is 23.5 Å². The molecule has 3 aliphatic heterocycles. The zero-order valence-corrected chi connectivity index (χ0v) is 26.6. The Kier molecular flexibility index (Phi) is 8.80. The van der Waals surface area contributed by atoms with Crippen molar-refractivity contribution in [2.45, 2.75) is 64.0 Å². The van der Waals surface area contributed by atoms with Gasteiger partial charge in [0.2, 0.25) is 0 Å². The van der Waals surface area contributed by atoms with Gasteiger partial charge in [-0.25, -0.2) is 13.8 Å². The van der Waals surface area contributed by atoms with Crippen molar-refractivity contribution in [2.24, 2.45) is 0 Å². The standard InChI is InChI=1S/C35H40F2N6O4/c1-22-26(35(46)43-13-3-5-30(44)33(43)38-22)4-2-12-40-16-18-42(19-17-40)34(45)27-8-6-24(36)20-29(27)41-14-10-23(11-15-41)32-28-9-7-25(37)21-31(28)47-39-32/h6-9,20-21,23,30,44H,2-5,10-19H2,1H3. The SMILES string of the molecule is Cc1nc2n(c(=O)c1CCCN1CCN(C(=O)c3ccc(F)cc3N3CCC(c4noc5cc(F)ccc45)CC3)CC1)CCCC2O. The van der Waals surface area contributed by atoms with Crippen molar-refractivity contribution in [3.05, 3.63) is 86.7 Å². The van der Waals surface area contributed by atoms with E-state index in [1.54, 1.807) is 16.7 Å². The molecule has 1 N–H and O–H groups in total. The molecular weight excluding hydrogens is 606 g/mol. The molecule has 5 heterocycles. The molecular formula is C35H40F2N6O4. The highest BCUT2D eigenvalue weighted by molar-refractivity contribution is 6.00. The number of hydrogen-bond acceptors (Lipinski definition) is 8. The first-order valence-electron chi connectivity index (χ1n) is 16.7. The summed E-state index contributed by atoms with van der Waals surface area (Å²) in [6, 6.07) is 8.86. The van der Waals surface area contributed by atoms with Crippen molar-refractivity contribution in [2.75, 3.05) is 50.7 Å². The van der Waals surface area contributed by atoms with E-state index >= 15 is 0 Å². The van der Waals surface area contributed by atoms with Gasteiger partial charge in [0.25, 0.3) is 11.5 Å². The summed E-state index contributed by atoms with van der Waals surface area (Å²) in [5.41, 5.74) is 3.73. The maximum atomic E-state index is 14.5. The van der Waals surface area contributed by atoms with Gasteiger partial charge in [0.15, 0.2) is 5.58 Å². The van der Waals surface area contributed by atoms with Crippen LogP contribution in [-0.4, -0.2) is 81.3 Å². The Morgan fingerprint density at radius 1 is 0.979 bits per heavy atom. The van der Waals surface area contributed by atoms with Gasteiger partial charge < -0.3 is 19.4 Å². The first kappa shape index (κ1) is 31.4. The van der Waals surface area contributed by atoms with Gasteiger partial charge >= 0.3 is 0 Å². The number of hydrogen-bond donors (Lipinski definition) is 1. The molecule has 10 nitrogen and oxygen atoms in total. The first-order valence-corrected chi connectivity index (χ1v) is 16.7. The fourth-order valence-electron chi connectivity index (χ4n) is 7.44. The molecule has 47 heavy (non-hydrogen) atoms. The number of aliphatic hydroxyl groups is 1. The molecule has 0 saturated carbocycles. The van der Waals surface area contributed by atoms with Crippen molar-refractivity contribution in [1.29, 1.82) is 0 Å². The molecule has 248 valence electrons. The third-order valence-corrected chi connectivity index (χ3v) is 10.1. The predicted molar refractivity (Wildman–Crippen MR) is 173 cm³/mol. The van der Waals surface area contributed by atoms with E-state index in [-0.39, 0.29) is 29.0 Å². The number of amides is 1. The van der Waals surface area contributed by atoms with E-state index in [2.05, 4.69) is 19.9 Å². The van der Waals surface area contributed by atoms with E-state index < -0.39 is 6.10 Å². The van der Waals surface area contributed by atoms with E-state index in [0.717, 1.165) is 56.4 Å². The van der Waals surface area contributed by atoms with Crippen molar-refractivity contribution in [3.63, 3.8) is 0 Å². The van der Waals surface area contributed by atoms with Crippen LogP contribution in [0.4, 0.5) is 14.5 Å². The molecule has 2 aromatic carbocycles. The minimum absolute atomic E-state index is 0.0377. The summed E-state index contributed by atoms with van der Waals surface area (Å²) >= 11 is 0. The van der Waals surface area contributed by atoms with Crippen LogP contribution < -0.4 is 10.5 Å². The van der Waals surface area contributed by atoms with Gasteiger partial charge in [-0.3, -0.25) is 19.1 Å². The van der Waals surface area contributed by atoms with E-state index in [1.165, 1.54) is 24.3 Å². The molecule has 3 aliphatic rings. The number of anilines is 1. The Morgan fingerprint density at radius 2 is 1.72 bits per heavy atom. The minimum atomic E-state index is -0.679. The van der Waals surface area contributed by atoms with Crippen LogP contribution in [-0.2, 0) is 13.0 Å². The summed E-state index contributed by atoms with van der Waals surface area (Å²) < 4.78 is 35.1. The number of aromatic nitrogens is 3. The average Bonchev–Trinajstić information content (AvgIpc) is 3.50. The lowest BCUT2D eigenvalue weighted by molar-refractivity contribution is 0.0636. The second kappa shape index (κ2) is 13.2. The summed E-state index contributed by atoms with van der Waals surface area (Å²) in [5.74, 6) is -0.242. The Balaban J connectivity index is 0.947. The number of rotatable bonds is 7. The Hall–Kier alpha value is -4.16. The molecule has 0 bridgehead atoms. The second-order valence-electron chi connectivity index (χ2n) is 13.0. The average molecular weight is 647 g/mol. The summed E-state index contributed by atoms with van der Waals surface area (Å²) in [7, 11) is 0. The molecule has 2 fully saturated rings. The van der Waals surface area contributed by atoms with E-state index in [0.29, 0.717) is 79.5 Å². The quantitative estimate of drug-likeness (QED) is 0.311. The topological polar surface area (TPSA) is 108 Å². The number of carbonyl (C=O) groups excluding carboxylic acids is 1. The lowest BCUT2D eigenvalue weighted by Crippen LogP contribution is -2.49. The van der Waals surface area contributed by atoms with Crippen molar-refractivity contribution >= 4 is 22.6 Å². The Bertz CT molecular complexity index is 1840. The number of piperazine rings is 1. The number of aliphatic hydroxyl groups excluding tert-OH is 1. The van der Waals surface area contributed by atoms with Crippen LogP contribution in [0.15, 0.2) is 45.7 Å². The van der Waals surface area contributed by atoms with Gasteiger partial charge in [0.1, 0.15) is 23.6 Å². The zero-order valence-electron chi connectivity index (χ0n) is 26.6. The molecule has 12 heteroatoms. The highest BCUT2D eigenvalue weighted by Crippen LogP contribution is 2.35. The lowest BCUT2D eigenvalue weighted by Gasteiger charge is -2.37. The Labute approximate surface area is 271 Å². The van der Waals surface area contributed by atoms with Crippen LogP contribution in [0.2, 0.25) is 0 Å². The summed E-state index contributed by atoms with van der Waals surface area (Å²) in [6.45, 7) is 7.07. The number of piperidine rings is 1. The third kappa shape index (κ3) is 6.28. The van der Waals surface area contributed by atoms with Gasteiger partial charge in [-0.2, -0.15) is 0 Å². The van der Waals surface area contributed by atoms with Gasteiger partial charge in [-0.15, -0.1) is 0 Å². The molecule has 2 aromatic heterocycles. The highest BCUT2D eigenvalue weighted by atomic mass is 19.1. The van der Waals surface area contributed by atoms with Crippen LogP contribution in [0, 0.1) is 18.6 Å². The molecule has 0 aliphatic carbocycles. The van der Waals surface area contributed by atoms with E-state index in [1.807, 2.05) is 11.8 Å². The summed E-state index contributed by atoms with van der Waals surface area (Å²) in [4.78, 5) is 37.7. The van der Waals surface area contributed by atoms with Crippen molar-refractivity contribution in [3.8, 4) is 0 Å². The van der Waals surface area contributed by atoms with Gasteiger partial charge in [-0.05, 0) is 82.3 Å². The fourth-order valence-corrected chi connectivity index (χ4v) is 7.44. The maximum Gasteiger partial charge on any atom is 0.257 e. The highest BCUT2D eigenvalue weighted by Gasteiger charge is 2.30. The van der Waals surface area contributed by atoms with Crippen LogP contribution in [0.1, 0.15) is 77.3 Å². The summed E-state index contributed by atoms with van der Waals surface area (Å²) in [6.07, 6.45) is 3.64. The number of halogens is 2. The van der Waals surface area contributed by atoms with Crippen LogP contribution in [0.3, 0.4) is 0 Å². The number of nitrogens with zero attached hydrogens (tertiary/aromatic N) is 6. The smallest absolute Gasteiger partial charge is 0.257 e. The van der Waals surface area contributed by atoms with Crippen LogP contribution in [0.25, 0.3) is 11.0 Å². The fraction of sp³-hybridized carbons (Fsp3) is 0.486. The van der Waals surface area contributed by atoms with Crippen molar-refractivity contribution in [1.82, 2.24) is 24.5 Å². The Morgan fingerprint density at radius 3 is 2.51 bits per heavy atom. The molecule has 2 saturated heterocycles. The first-order chi connectivity index (χ1) is 22.8. The number of benzene rings is 2. The monoisotopic (exact) mass is 646 g/mol. The lowest BCUT2D eigenvalue weighted by atomic mass is 9.91. The van der Waals surface area contributed by atoms with Gasteiger partial charge in [0.05, 0.1) is 16.9 Å². The van der Waals surface area contributed by atoms with Crippen molar-refractivity contribution < 1.29 is 23.2 Å². The summed E-state index contributed by atoms with van der Waals surface area (Å²) in [5, 5.41) is 15.3. The molecule has 7 rings (SSSR count). The molecule has 1 amide bonds. The van der Waals surface area contributed by atoms with Gasteiger partial charge in [-0.1, -0.05) is 5.16 Å².